The molecule has 8 nitrogen and oxygen atoms in total. The molecule has 0 spiro atoms. The summed E-state index contributed by atoms with van der Waals surface area (Å²) in [5, 5.41) is 19.1. The van der Waals surface area contributed by atoms with Crippen LogP contribution in [0.5, 0.6) is 0 Å². The molecule has 2 amide bonds. The zero-order valence-electron chi connectivity index (χ0n) is 18.9. The third-order valence-electron chi connectivity index (χ3n) is 6.34. The molecule has 8 heteroatoms. The van der Waals surface area contributed by atoms with Crippen LogP contribution in [-0.2, 0) is 16.1 Å². The number of fused-ring (bicyclic) bond motifs is 1. The van der Waals surface area contributed by atoms with Gasteiger partial charge in [-0.15, -0.1) is 6.58 Å². The molecule has 1 aliphatic heterocycles. The highest BCUT2D eigenvalue weighted by Crippen LogP contribution is 2.60. The highest BCUT2D eigenvalue weighted by molar-refractivity contribution is 5.81. The number of likely N-dealkylation sites (tertiary alicyclic amines) is 1. The summed E-state index contributed by atoms with van der Waals surface area (Å²) in [5.41, 5.74) is 0.189. The first-order valence-electron chi connectivity index (χ1n) is 10.8. The van der Waals surface area contributed by atoms with E-state index in [1.165, 1.54) is 0 Å². The Morgan fingerprint density at radius 1 is 1.25 bits per heavy atom. The van der Waals surface area contributed by atoms with Gasteiger partial charge in [-0.1, -0.05) is 57.2 Å². The average molecular weight is 445 g/mol. The molecule has 0 bridgehead atoms. The third kappa shape index (κ3) is 5.06. The zero-order valence-corrected chi connectivity index (χ0v) is 18.9. The van der Waals surface area contributed by atoms with Crippen LogP contribution in [0, 0.1) is 10.8 Å². The van der Waals surface area contributed by atoms with Crippen molar-refractivity contribution in [1.82, 2.24) is 9.80 Å². The standard InChI is InChI=1S/C24H32N2O6/c1-5-17(11-23(2,3)4)25(22(31)32-14-16-9-7-6-8-10-16)15-24-12-18(20(27)28)26(21(29)30)19(24)13-24/h5-10,17-19H,1,11-15H2,2-4H3,(H,27,28)(H,29,30)/t17?,18-,19+,24-/m0/s1. The van der Waals surface area contributed by atoms with Gasteiger partial charge in [0.25, 0.3) is 0 Å². The minimum Gasteiger partial charge on any atom is -0.480 e. The van der Waals surface area contributed by atoms with E-state index < -0.39 is 35.7 Å². The van der Waals surface area contributed by atoms with Gasteiger partial charge >= 0.3 is 18.2 Å². The van der Waals surface area contributed by atoms with Crippen molar-refractivity contribution in [1.29, 1.82) is 0 Å². The first kappa shape index (κ1) is 23.6. The lowest BCUT2D eigenvalue weighted by Gasteiger charge is -2.35. The van der Waals surface area contributed by atoms with Gasteiger partial charge in [-0.2, -0.15) is 0 Å². The number of carboxylic acid groups (broad SMARTS) is 2. The van der Waals surface area contributed by atoms with Crippen molar-refractivity contribution in [2.75, 3.05) is 6.54 Å². The summed E-state index contributed by atoms with van der Waals surface area (Å²) in [6, 6.07) is 7.52. The van der Waals surface area contributed by atoms with E-state index in [1.54, 1.807) is 11.0 Å². The molecule has 0 aromatic heterocycles. The van der Waals surface area contributed by atoms with Crippen molar-refractivity contribution in [3.05, 3.63) is 48.6 Å². The second-order valence-electron chi connectivity index (χ2n) is 10.1. The Balaban J connectivity index is 1.81. The van der Waals surface area contributed by atoms with E-state index in [4.69, 9.17) is 4.74 Å². The van der Waals surface area contributed by atoms with Crippen LogP contribution in [0.1, 0.15) is 45.6 Å². The Bertz CT molecular complexity index is 880. The molecule has 2 N–H and O–H groups in total. The van der Waals surface area contributed by atoms with Crippen molar-refractivity contribution < 1.29 is 29.3 Å². The van der Waals surface area contributed by atoms with Gasteiger partial charge in [0.05, 0.1) is 6.04 Å². The molecule has 2 fully saturated rings. The van der Waals surface area contributed by atoms with E-state index in [-0.39, 0.29) is 31.0 Å². The fourth-order valence-electron chi connectivity index (χ4n) is 4.75. The molecule has 32 heavy (non-hydrogen) atoms. The molecule has 0 radical (unpaired) electrons. The lowest BCUT2D eigenvalue weighted by molar-refractivity contribution is -0.142. The van der Waals surface area contributed by atoms with Crippen LogP contribution in [0.4, 0.5) is 9.59 Å². The van der Waals surface area contributed by atoms with Crippen molar-refractivity contribution in [3.63, 3.8) is 0 Å². The second-order valence-corrected chi connectivity index (χ2v) is 10.1. The van der Waals surface area contributed by atoms with Crippen molar-refractivity contribution in [2.45, 2.75) is 64.8 Å². The summed E-state index contributed by atoms with van der Waals surface area (Å²) in [6.07, 6.45) is 1.31. The predicted molar refractivity (Wildman–Crippen MR) is 118 cm³/mol. The maximum atomic E-state index is 13.2. The zero-order chi connectivity index (χ0) is 23.7. The molecule has 4 atom stereocenters. The monoisotopic (exact) mass is 444 g/mol. The van der Waals surface area contributed by atoms with Crippen molar-refractivity contribution in [2.24, 2.45) is 10.8 Å². The van der Waals surface area contributed by atoms with E-state index in [1.807, 2.05) is 30.3 Å². The Kier molecular flexibility index (Phi) is 6.53. The molecule has 1 unspecified atom stereocenters. The van der Waals surface area contributed by atoms with Gasteiger partial charge in [-0.3, -0.25) is 4.90 Å². The summed E-state index contributed by atoms with van der Waals surface area (Å²) in [6.45, 7) is 10.5. The minimum atomic E-state index is -1.24. The molecule has 3 rings (SSSR count). The molecule has 174 valence electrons. The van der Waals surface area contributed by atoms with E-state index in [0.29, 0.717) is 12.8 Å². The lowest BCUT2D eigenvalue weighted by atomic mass is 9.87. The molecule has 1 aromatic carbocycles. The van der Waals surface area contributed by atoms with Gasteiger partial charge in [0.15, 0.2) is 0 Å². The minimum absolute atomic E-state index is 0.0934. The number of carbonyl (C=O) groups excluding carboxylic acids is 1. The molecule has 1 saturated carbocycles. The number of rotatable bonds is 8. The number of amides is 2. The summed E-state index contributed by atoms with van der Waals surface area (Å²) in [4.78, 5) is 39.2. The van der Waals surface area contributed by atoms with Crippen LogP contribution >= 0.6 is 0 Å². The van der Waals surface area contributed by atoms with Crippen LogP contribution in [0.15, 0.2) is 43.0 Å². The van der Waals surface area contributed by atoms with Gasteiger partial charge in [-0.25, -0.2) is 14.4 Å². The maximum Gasteiger partial charge on any atom is 0.410 e. The summed E-state index contributed by atoms with van der Waals surface area (Å²) >= 11 is 0. The number of piperidine rings is 1. The topological polar surface area (TPSA) is 107 Å². The van der Waals surface area contributed by atoms with Crippen LogP contribution in [-0.4, -0.2) is 62.8 Å². The fourth-order valence-corrected chi connectivity index (χ4v) is 4.75. The SMILES string of the molecule is C=CC(CC(C)(C)C)N(C[C@@]12C[C@@H](C(=O)O)N(C(=O)O)[C@@H]1C2)C(=O)OCc1ccccc1. The van der Waals surface area contributed by atoms with Crippen LogP contribution in [0.25, 0.3) is 0 Å². The van der Waals surface area contributed by atoms with Crippen LogP contribution < -0.4 is 0 Å². The Hall–Kier alpha value is -3.03. The smallest absolute Gasteiger partial charge is 0.410 e. The van der Waals surface area contributed by atoms with Crippen LogP contribution in [0.2, 0.25) is 0 Å². The number of carboxylic acids is 1. The summed E-state index contributed by atoms with van der Waals surface area (Å²) in [7, 11) is 0. The first-order chi connectivity index (χ1) is 15.0. The number of nitrogens with zero attached hydrogens (tertiary/aromatic N) is 2. The Morgan fingerprint density at radius 3 is 2.41 bits per heavy atom. The van der Waals surface area contributed by atoms with Gasteiger partial charge < -0.3 is 19.8 Å². The average Bonchev–Trinajstić information content (AvgIpc) is 3.31. The fraction of sp³-hybridized carbons (Fsp3) is 0.542. The third-order valence-corrected chi connectivity index (χ3v) is 6.34. The van der Waals surface area contributed by atoms with E-state index in [0.717, 1.165) is 10.5 Å². The van der Waals surface area contributed by atoms with E-state index in [9.17, 15) is 24.6 Å². The highest BCUT2D eigenvalue weighted by atomic mass is 16.6. The molecule has 1 aromatic rings. The normalized spacial score (nSPS) is 24.9. The first-order valence-corrected chi connectivity index (χ1v) is 10.8. The lowest BCUT2D eigenvalue weighted by Crippen LogP contribution is -2.45. The molecule has 1 heterocycles. The van der Waals surface area contributed by atoms with Gasteiger partial charge in [0.2, 0.25) is 0 Å². The number of carbonyl (C=O) groups is 3. The molecule has 1 aliphatic carbocycles. The number of benzene rings is 1. The van der Waals surface area contributed by atoms with Gasteiger partial charge in [0.1, 0.15) is 12.6 Å². The Morgan fingerprint density at radius 2 is 1.91 bits per heavy atom. The number of ether oxygens (including phenoxy) is 1. The summed E-state index contributed by atoms with van der Waals surface area (Å²) in [5.74, 6) is -1.16. The van der Waals surface area contributed by atoms with Crippen molar-refractivity contribution in [3.8, 4) is 0 Å². The van der Waals surface area contributed by atoms with Gasteiger partial charge in [-0.05, 0) is 30.2 Å². The van der Waals surface area contributed by atoms with E-state index >= 15 is 0 Å². The Labute approximate surface area is 188 Å². The maximum absolute atomic E-state index is 13.2. The largest absolute Gasteiger partial charge is 0.480 e. The number of hydrogen-bond acceptors (Lipinski definition) is 4. The predicted octanol–water partition coefficient (Wildman–Crippen LogP) is 4.21. The van der Waals surface area contributed by atoms with E-state index in [2.05, 4.69) is 27.4 Å². The molecule has 1 saturated heterocycles. The van der Waals surface area contributed by atoms with Gasteiger partial charge in [0, 0.05) is 18.0 Å². The molecular weight excluding hydrogens is 412 g/mol. The highest BCUT2D eigenvalue weighted by Gasteiger charge is 2.68. The number of aliphatic carboxylic acids is 1. The quantitative estimate of drug-likeness (QED) is 0.582. The second kappa shape index (κ2) is 8.84. The number of hydrogen-bond donors (Lipinski definition) is 2. The van der Waals surface area contributed by atoms with Crippen LogP contribution in [0.3, 0.4) is 0 Å². The molecular formula is C24H32N2O6. The van der Waals surface area contributed by atoms with Crippen molar-refractivity contribution >= 4 is 18.2 Å². The molecule has 2 aliphatic rings. The summed E-state index contributed by atoms with van der Waals surface area (Å²) < 4.78 is 5.60.